The van der Waals surface area contributed by atoms with Gasteiger partial charge in [0, 0.05) is 32.0 Å². The lowest BCUT2D eigenvalue weighted by atomic mass is 10.1. The summed E-state index contributed by atoms with van der Waals surface area (Å²) in [5.74, 6) is -0.233. The summed E-state index contributed by atoms with van der Waals surface area (Å²) in [7, 11) is 0. The molecule has 2 aromatic rings. The Morgan fingerprint density at radius 1 is 1.19 bits per heavy atom. The molecule has 1 aliphatic heterocycles. The van der Waals surface area contributed by atoms with Crippen LogP contribution in [0.2, 0.25) is 0 Å². The summed E-state index contributed by atoms with van der Waals surface area (Å²) in [6, 6.07) is 14.4. The molecule has 1 fully saturated rings. The molecular weight excluding hydrogens is 343 g/mol. The fourth-order valence-electron chi connectivity index (χ4n) is 3.44. The van der Waals surface area contributed by atoms with E-state index in [0.717, 1.165) is 11.1 Å². The molecule has 0 bridgehead atoms. The van der Waals surface area contributed by atoms with Gasteiger partial charge in [-0.15, -0.1) is 0 Å². The summed E-state index contributed by atoms with van der Waals surface area (Å²) in [4.78, 5) is 26.3. The van der Waals surface area contributed by atoms with E-state index < -0.39 is 0 Å². The fraction of sp³-hybridized carbons (Fsp3) is 0.364. The van der Waals surface area contributed by atoms with Gasteiger partial charge in [-0.3, -0.25) is 9.59 Å². The first-order chi connectivity index (χ1) is 13.0. The van der Waals surface area contributed by atoms with E-state index in [1.165, 1.54) is 17.7 Å². The zero-order valence-corrected chi connectivity index (χ0v) is 15.6. The molecule has 0 aromatic heterocycles. The smallest absolute Gasteiger partial charge is 0.223 e. The highest BCUT2D eigenvalue weighted by molar-refractivity contribution is 5.82. The Morgan fingerprint density at radius 2 is 1.96 bits per heavy atom. The number of carbonyl (C=O) groups excluding carboxylic acids is 2. The van der Waals surface area contributed by atoms with Crippen LogP contribution in [0.4, 0.5) is 4.39 Å². The third kappa shape index (κ3) is 5.39. The third-order valence-corrected chi connectivity index (χ3v) is 4.97. The highest BCUT2D eigenvalue weighted by Crippen LogP contribution is 2.24. The molecular formula is C22H25FN2O2. The molecule has 3 rings (SSSR count). The van der Waals surface area contributed by atoms with E-state index in [2.05, 4.69) is 5.32 Å². The van der Waals surface area contributed by atoms with E-state index in [4.69, 9.17) is 0 Å². The second kappa shape index (κ2) is 8.80. The van der Waals surface area contributed by atoms with Crippen molar-refractivity contribution in [3.63, 3.8) is 0 Å². The molecule has 0 aliphatic carbocycles. The van der Waals surface area contributed by atoms with Gasteiger partial charge in [-0.1, -0.05) is 42.0 Å². The lowest BCUT2D eigenvalue weighted by Crippen LogP contribution is -2.37. The number of rotatable bonds is 7. The fourth-order valence-corrected chi connectivity index (χ4v) is 3.44. The molecule has 0 spiro atoms. The lowest BCUT2D eigenvalue weighted by molar-refractivity contribution is -0.130. The van der Waals surface area contributed by atoms with Crippen LogP contribution in [0.25, 0.3) is 0 Å². The van der Waals surface area contributed by atoms with Crippen LogP contribution in [0.5, 0.6) is 0 Å². The van der Waals surface area contributed by atoms with Crippen molar-refractivity contribution >= 4 is 11.8 Å². The quantitative estimate of drug-likeness (QED) is 0.815. The van der Waals surface area contributed by atoms with Crippen molar-refractivity contribution in [2.75, 3.05) is 6.54 Å². The number of likely N-dealkylation sites (tertiary alicyclic amines) is 1. The summed E-state index contributed by atoms with van der Waals surface area (Å²) in [6.07, 6.45) is 2.09. The molecule has 2 aromatic carbocycles. The number of amides is 2. The van der Waals surface area contributed by atoms with Crippen LogP contribution in [-0.4, -0.2) is 29.3 Å². The largest absolute Gasteiger partial charge is 0.356 e. The van der Waals surface area contributed by atoms with Crippen LogP contribution in [0.15, 0.2) is 48.5 Å². The second-order valence-electron chi connectivity index (χ2n) is 7.13. The standard InChI is InChI=1S/C22H25FN2O2/c1-16-5-7-18(8-6-16)15-25-20(9-10-22(25)27)14-21(26)24-12-11-17-3-2-4-19(23)13-17/h2-8,13,20H,9-12,14-15H2,1H3,(H,24,26). The molecule has 2 amide bonds. The maximum atomic E-state index is 13.2. The van der Waals surface area contributed by atoms with Crippen molar-refractivity contribution < 1.29 is 14.0 Å². The van der Waals surface area contributed by atoms with Gasteiger partial charge in [-0.25, -0.2) is 4.39 Å². The zero-order chi connectivity index (χ0) is 19.2. The van der Waals surface area contributed by atoms with E-state index >= 15 is 0 Å². The van der Waals surface area contributed by atoms with Gasteiger partial charge in [0.1, 0.15) is 5.82 Å². The minimum atomic E-state index is -0.268. The molecule has 5 heteroatoms. The highest BCUT2D eigenvalue weighted by atomic mass is 19.1. The number of benzene rings is 2. The van der Waals surface area contributed by atoms with Gasteiger partial charge >= 0.3 is 0 Å². The Bertz CT molecular complexity index is 804. The molecule has 1 N–H and O–H groups in total. The van der Waals surface area contributed by atoms with E-state index in [1.807, 2.05) is 42.2 Å². The molecule has 4 nitrogen and oxygen atoms in total. The summed E-state index contributed by atoms with van der Waals surface area (Å²) in [6.45, 7) is 3.03. The Morgan fingerprint density at radius 3 is 2.70 bits per heavy atom. The Kier molecular flexibility index (Phi) is 6.22. The van der Waals surface area contributed by atoms with Crippen molar-refractivity contribution in [3.05, 3.63) is 71.0 Å². The number of carbonyl (C=O) groups is 2. The minimum Gasteiger partial charge on any atom is -0.356 e. The summed E-state index contributed by atoms with van der Waals surface area (Å²) < 4.78 is 13.2. The van der Waals surface area contributed by atoms with E-state index in [-0.39, 0.29) is 23.7 Å². The summed E-state index contributed by atoms with van der Waals surface area (Å²) in [5.41, 5.74) is 3.11. The van der Waals surface area contributed by atoms with Crippen molar-refractivity contribution in [2.45, 2.75) is 45.2 Å². The number of hydrogen-bond acceptors (Lipinski definition) is 2. The van der Waals surface area contributed by atoms with Crippen LogP contribution in [-0.2, 0) is 22.6 Å². The van der Waals surface area contributed by atoms with E-state index in [0.29, 0.717) is 38.8 Å². The molecule has 27 heavy (non-hydrogen) atoms. The van der Waals surface area contributed by atoms with Crippen LogP contribution in [0.1, 0.15) is 36.0 Å². The van der Waals surface area contributed by atoms with Gasteiger partial charge < -0.3 is 10.2 Å². The molecule has 1 aliphatic rings. The van der Waals surface area contributed by atoms with Gasteiger partial charge in [0.2, 0.25) is 11.8 Å². The molecule has 1 unspecified atom stereocenters. The van der Waals surface area contributed by atoms with Crippen LogP contribution in [0, 0.1) is 12.7 Å². The van der Waals surface area contributed by atoms with Crippen LogP contribution < -0.4 is 5.32 Å². The highest BCUT2D eigenvalue weighted by Gasteiger charge is 2.32. The van der Waals surface area contributed by atoms with Gasteiger partial charge in [0.05, 0.1) is 0 Å². The lowest BCUT2D eigenvalue weighted by Gasteiger charge is -2.24. The van der Waals surface area contributed by atoms with Crippen LogP contribution >= 0.6 is 0 Å². The Labute approximate surface area is 159 Å². The van der Waals surface area contributed by atoms with Crippen molar-refractivity contribution in [1.82, 2.24) is 10.2 Å². The monoisotopic (exact) mass is 368 g/mol. The van der Waals surface area contributed by atoms with Gasteiger partial charge in [0.25, 0.3) is 0 Å². The molecule has 1 heterocycles. The van der Waals surface area contributed by atoms with Crippen molar-refractivity contribution in [2.24, 2.45) is 0 Å². The van der Waals surface area contributed by atoms with E-state index in [1.54, 1.807) is 6.07 Å². The first kappa shape index (κ1) is 19.1. The molecule has 142 valence electrons. The maximum absolute atomic E-state index is 13.2. The van der Waals surface area contributed by atoms with Crippen LogP contribution in [0.3, 0.4) is 0 Å². The normalized spacial score (nSPS) is 16.6. The number of hydrogen-bond donors (Lipinski definition) is 1. The first-order valence-electron chi connectivity index (χ1n) is 9.37. The molecule has 1 saturated heterocycles. The van der Waals surface area contributed by atoms with Gasteiger partial charge in [-0.05, 0) is 43.0 Å². The average molecular weight is 368 g/mol. The maximum Gasteiger partial charge on any atom is 0.223 e. The molecule has 1 atom stereocenters. The predicted molar refractivity (Wildman–Crippen MR) is 102 cm³/mol. The first-order valence-corrected chi connectivity index (χ1v) is 9.37. The van der Waals surface area contributed by atoms with E-state index in [9.17, 15) is 14.0 Å². The van der Waals surface area contributed by atoms with Crippen molar-refractivity contribution in [3.8, 4) is 0 Å². The summed E-state index contributed by atoms with van der Waals surface area (Å²) >= 11 is 0. The minimum absolute atomic E-state index is 0.0621. The van der Waals surface area contributed by atoms with Gasteiger partial charge in [0.15, 0.2) is 0 Å². The Hall–Kier alpha value is -2.69. The molecule has 0 saturated carbocycles. The topological polar surface area (TPSA) is 49.4 Å². The number of aryl methyl sites for hydroxylation is 1. The third-order valence-electron chi connectivity index (χ3n) is 4.97. The second-order valence-corrected chi connectivity index (χ2v) is 7.13. The predicted octanol–water partition coefficient (Wildman–Crippen LogP) is 3.37. The van der Waals surface area contributed by atoms with Gasteiger partial charge in [-0.2, -0.15) is 0 Å². The number of nitrogens with zero attached hydrogens (tertiary/aromatic N) is 1. The summed E-state index contributed by atoms with van der Waals surface area (Å²) in [5, 5.41) is 2.88. The average Bonchev–Trinajstić information content (AvgIpc) is 2.97. The van der Waals surface area contributed by atoms with Crippen molar-refractivity contribution in [1.29, 1.82) is 0 Å². The SMILES string of the molecule is Cc1ccc(CN2C(=O)CCC2CC(=O)NCCc2cccc(F)c2)cc1. The molecule has 0 radical (unpaired) electrons. The zero-order valence-electron chi connectivity index (χ0n) is 15.6. The number of halogens is 1. The number of nitrogens with one attached hydrogen (secondary N) is 1. The Balaban J connectivity index is 1.49.